The van der Waals surface area contributed by atoms with Crippen LogP contribution in [0.4, 0.5) is 0 Å². The van der Waals surface area contributed by atoms with Crippen molar-refractivity contribution in [3.05, 3.63) is 47.3 Å². The molecule has 2 aromatic rings. The van der Waals surface area contributed by atoms with E-state index in [1.54, 1.807) is 28.6 Å². The average Bonchev–Trinajstić information content (AvgIpc) is 3.10. The molecule has 0 spiro atoms. The number of carbonyl (C=O) groups is 1. The van der Waals surface area contributed by atoms with Gasteiger partial charge in [-0.2, -0.15) is 9.40 Å². The first-order valence-electron chi connectivity index (χ1n) is 10.3. The molecule has 1 aromatic heterocycles. The summed E-state index contributed by atoms with van der Waals surface area (Å²) in [7, 11) is -1.61. The summed E-state index contributed by atoms with van der Waals surface area (Å²) in [6, 6.07) is 6.24. The number of piperidine rings is 1. The molecule has 2 heterocycles. The second-order valence-electron chi connectivity index (χ2n) is 8.07. The normalized spacial score (nSPS) is 22.8. The molecule has 0 bridgehead atoms. The van der Waals surface area contributed by atoms with Gasteiger partial charge in [0.2, 0.25) is 10.0 Å². The number of sulfonamides is 1. The van der Waals surface area contributed by atoms with E-state index in [0.29, 0.717) is 12.1 Å². The van der Waals surface area contributed by atoms with Crippen LogP contribution in [0.25, 0.3) is 0 Å². The molecule has 1 aromatic carbocycles. The van der Waals surface area contributed by atoms with Gasteiger partial charge in [-0.3, -0.25) is 9.48 Å². The Hall–Kier alpha value is -2.19. The molecule has 4 rings (SSSR count). The highest BCUT2D eigenvalue weighted by molar-refractivity contribution is 7.89. The van der Waals surface area contributed by atoms with Gasteiger partial charge in [0.15, 0.2) is 0 Å². The van der Waals surface area contributed by atoms with Gasteiger partial charge in [-0.05, 0) is 63.3 Å². The zero-order chi connectivity index (χ0) is 20.6. The van der Waals surface area contributed by atoms with Gasteiger partial charge < -0.3 is 5.32 Å². The van der Waals surface area contributed by atoms with E-state index in [0.717, 1.165) is 44.1 Å². The van der Waals surface area contributed by atoms with Crippen molar-refractivity contribution < 1.29 is 13.2 Å². The molecule has 1 amide bonds. The number of rotatable bonds is 4. The highest BCUT2D eigenvalue weighted by atomic mass is 32.2. The monoisotopic (exact) mass is 416 g/mol. The number of nitrogens with zero attached hydrogens (tertiary/aromatic N) is 3. The fourth-order valence-corrected chi connectivity index (χ4v) is 6.14. The summed E-state index contributed by atoms with van der Waals surface area (Å²) >= 11 is 0. The molecule has 8 heteroatoms. The van der Waals surface area contributed by atoms with Crippen LogP contribution in [0.15, 0.2) is 35.4 Å². The molecule has 0 saturated carbocycles. The molecule has 29 heavy (non-hydrogen) atoms. The van der Waals surface area contributed by atoms with Crippen molar-refractivity contribution in [3.63, 3.8) is 0 Å². The number of amides is 1. The van der Waals surface area contributed by atoms with Crippen LogP contribution in [-0.2, 0) is 23.5 Å². The molecule has 1 aliphatic heterocycles. The third-order valence-electron chi connectivity index (χ3n) is 6.15. The lowest BCUT2D eigenvalue weighted by Gasteiger charge is -2.32. The highest BCUT2D eigenvalue weighted by Gasteiger charge is 2.31. The Bertz CT molecular complexity index is 997. The number of aromatic nitrogens is 2. The molecule has 1 fully saturated rings. The van der Waals surface area contributed by atoms with E-state index in [1.165, 1.54) is 5.69 Å². The lowest BCUT2D eigenvalue weighted by molar-refractivity contribution is 0.0932. The molecule has 0 radical (unpaired) electrons. The van der Waals surface area contributed by atoms with E-state index < -0.39 is 10.0 Å². The maximum absolute atomic E-state index is 13.0. The fourth-order valence-electron chi connectivity index (χ4n) is 4.44. The minimum absolute atomic E-state index is 0.0108. The second-order valence-corrected chi connectivity index (χ2v) is 9.96. The van der Waals surface area contributed by atoms with Crippen molar-refractivity contribution in [2.45, 2.75) is 62.4 Å². The summed E-state index contributed by atoms with van der Waals surface area (Å²) in [6.07, 6.45) is 7.52. The number of nitrogens with one attached hydrogen (secondary N) is 1. The van der Waals surface area contributed by atoms with E-state index >= 15 is 0 Å². The van der Waals surface area contributed by atoms with Crippen LogP contribution in [0.2, 0.25) is 0 Å². The van der Waals surface area contributed by atoms with Gasteiger partial charge in [0, 0.05) is 36.5 Å². The van der Waals surface area contributed by atoms with E-state index in [1.807, 2.05) is 24.9 Å². The van der Waals surface area contributed by atoms with E-state index in [-0.39, 0.29) is 22.9 Å². The predicted octanol–water partition coefficient (Wildman–Crippen LogP) is 2.79. The molecule has 2 atom stereocenters. The van der Waals surface area contributed by atoms with Crippen LogP contribution in [0, 0.1) is 0 Å². The Labute approximate surface area is 172 Å². The SMILES string of the molecule is CC1CCCCN1S(=O)(=O)c1ccc(C(=O)NC2CCCc3c2cnn3C)cc1. The standard InChI is InChI=1S/C21H28N4O3S/c1-15-6-3-4-13-25(15)29(27,28)17-11-9-16(10-12-17)21(26)23-19-7-5-8-20-18(19)14-22-24(20)2/h9-12,14-15,19H,3-8,13H2,1-2H3,(H,23,26). The first kappa shape index (κ1) is 20.1. The topological polar surface area (TPSA) is 84.3 Å². The van der Waals surface area contributed by atoms with Crippen molar-refractivity contribution >= 4 is 15.9 Å². The fraction of sp³-hybridized carbons (Fsp3) is 0.524. The summed E-state index contributed by atoms with van der Waals surface area (Å²) in [5.74, 6) is -0.193. The van der Waals surface area contributed by atoms with E-state index in [2.05, 4.69) is 10.4 Å². The molecule has 1 aliphatic carbocycles. The maximum atomic E-state index is 13.0. The Morgan fingerprint density at radius 2 is 1.90 bits per heavy atom. The maximum Gasteiger partial charge on any atom is 0.251 e. The van der Waals surface area contributed by atoms with Crippen LogP contribution < -0.4 is 5.32 Å². The highest BCUT2D eigenvalue weighted by Crippen LogP contribution is 2.30. The number of fused-ring (bicyclic) bond motifs is 1. The van der Waals surface area contributed by atoms with E-state index in [9.17, 15) is 13.2 Å². The summed E-state index contributed by atoms with van der Waals surface area (Å²) < 4.78 is 29.4. The molecule has 1 N–H and O–H groups in total. The Kier molecular flexibility index (Phi) is 5.48. The third-order valence-corrected chi connectivity index (χ3v) is 8.17. The van der Waals surface area contributed by atoms with Crippen LogP contribution in [0.1, 0.15) is 66.7 Å². The van der Waals surface area contributed by atoms with Gasteiger partial charge in [0.25, 0.3) is 5.91 Å². The van der Waals surface area contributed by atoms with Gasteiger partial charge in [0.1, 0.15) is 0 Å². The molecule has 2 aliphatic rings. The first-order valence-corrected chi connectivity index (χ1v) is 11.8. The Morgan fingerprint density at radius 1 is 1.14 bits per heavy atom. The molecule has 156 valence electrons. The molecule has 1 saturated heterocycles. The summed E-state index contributed by atoms with van der Waals surface area (Å²) in [5, 5.41) is 7.39. The molecule has 2 unspecified atom stereocenters. The summed E-state index contributed by atoms with van der Waals surface area (Å²) in [6.45, 7) is 2.51. The van der Waals surface area contributed by atoms with E-state index in [4.69, 9.17) is 0 Å². The zero-order valence-electron chi connectivity index (χ0n) is 17.0. The Balaban J connectivity index is 1.49. The first-order chi connectivity index (χ1) is 13.9. The molecular weight excluding hydrogens is 388 g/mol. The van der Waals surface area contributed by atoms with Gasteiger partial charge >= 0.3 is 0 Å². The zero-order valence-corrected chi connectivity index (χ0v) is 17.8. The lowest BCUT2D eigenvalue weighted by atomic mass is 9.93. The lowest BCUT2D eigenvalue weighted by Crippen LogP contribution is -2.41. The summed E-state index contributed by atoms with van der Waals surface area (Å²) in [5.41, 5.74) is 2.70. The van der Waals surface area contributed by atoms with Crippen LogP contribution >= 0.6 is 0 Å². The molecular formula is C21H28N4O3S. The summed E-state index contributed by atoms with van der Waals surface area (Å²) in [4.78, 5) is 13.0. The largest absolute Gasteiger partial charge is 0.345 e. The number of aryl methyl sites for hydroxylation is 1. The van der Waals surface area contributed by atoms with Crippen LogP contribution in [-0.4, -0.2) is 41.0 Å². The van der Waals surface area contributed by atoms with Crippen molar-refractivity contribution in [1.29, 1.82) is 0 Å². The van der Waals surface area contributed by atoms with Crippen LogP contribution in [0.5, 0.6) is 0 Å². The van der Waals surface area contributed by atoms with Gasteiger partial charge in [-0.1, -0.05) is 6.42 Å². The molecule has 7 nitrogen and oxygen atoms in total. The third kappa shape index (κ3) is 3.83. The number of hydrogen-bond donors (Lipinski definition) is 1. The number of carbonyl (C=O) groups excluding carboxylic acids is 1. The van der Waals surface area contributed by atoms with Crippen molar-refractivity contribution in [1.82, 2.24) is 19.4 Å². The minimum atomic E-state index is -3.53. The quantitative estimate of drug-likeness (QED) is 0.831. The Morgan fingerprint density at radius 3 is 2.62 bits per heavy atom. The van der Waals surface area contributed by atoms with Gasteiger partial charge in [-0.25, -0.2) is 8.42 Å². The second kappa shape index (κ2) is 7.91. The smallest absolute Gasteiger partial charge is 0.251 e. The van der Waals surface area contributed by atoms with Crippen molar-refractivity contribution in [2.24, 2.45) is 7.05 Å². The predicted molar refractivity (Wildman–Crippen MR) is 110 cm³/mol. The average molecular weight is 417 g/mol. The van der Waals surface area contributed by atoms with Gasteiger partial charge in [-0.15, -0.1) is 0 Å². The van der Waals surface area contributed by atoms with Crippen molar-refractivity contribution in [3.8, 4) is 0 Å². The number of hydrogen-bond acceptors (Lipinski definition) is 4. The number of benzene rings is 1. The van der Waals surface area contributed by atoms with Crippen molar-refractivity contribution in [2.75, 3.05) is 6.54 Å². The van der Waals surface area contributed by atoms with Gasteiger partial charge in [0.05, 0.1) is 17.1 Å². The minimum Gasteiger partial charge on any atom is -0.345 e. The van der Waals surface area contributed by atoms with Crippen LogP contribution in [0.3, 0.4) is 0 Å².